The van der Waals surface area contributed by atoms with E-state index in [-0.39, 0.29) is 0 Å². The summed E-state index contributed by atoms with van der Waals surface area (Å²) < 4.78 is 2.16. The van der Waals surface area contributed by atoms with Gasteiger partial charge >= 0.3 is 0 Å². The molecule has 0 unspecified atom stereocenters. The Bertz CT molecular complexity index is 767. The van der Waals surface area contributed by atoms with Crippen molar-refractivity contribution in [2.45, 2.75) is 26.7 Å². The van der Waals surface area contributed by atoms with Crippen molar-refractivity contribution in [2.24, 2.45) is 0 Å². The molecule has 3 heteroatoms. The minimum atomic E-state index is 0.403. The predicted molar refractivity (Wildman–Crippen MR) is 84.8 cm³/mol. The van der Waals surface area contributed by atoms with E-state index in [0.29, 0.717) is 5.88 Å². The summed E-state index contributed by atoms with van der Waals surface area (Å²) in [5.74, 6) is 1.29. The molecule has 1 aromatic heterocycles. The third-order valence-electron chi connectivity index (χ3n) is 3.46. The van der Waals surface area contributed by atoms with Crippen LogP contribution in [0, 0.1) is 20.8 Å². The number of halogens is 1. The number of nitrogens with zero attached hydrogens (tertiary/aromatic N) is 2. The van der Waals surface area contributed by atoms with E-state index in [1.165, 1.54) is 16.7 Å². The molecule has 2 nitrogen and oxygen atoms in total. The lowest BCUT2D eigenvalue weighted by atomic mass is 10.1. The standard InChI is InChI=1S/C17H17ClN2/c1-11-4-5-15-16(9-11)20(17(10-18)19-15)14-7-12(2)6-13(3)8-14/h4-9H,10H2,1-3H3. The van der Waals surface area contributed by atoms with Crippen LogP contribution in [0.4, 0.5) is 0 Å². The quantitative estimate of drug-likeness (QED) is 0.624. The smallest absolute Gasteiger partial charge is 0.129 e. The third kappa shape index (κ3) is 2.20. The van der Waals surface area contributed by atoms with Crippen LogP contribution in [0.25, 0.3) is 16.7 Å². The number of alkyl halides is 1. The molecule has 3 rings (SSSR count). The second-order valence-electron chi connectivity index (χ2n) is 5.34. The third-order valence-corrected chi connectivity index (χ3v) is 3.70. The van der Waals surface area contributed by atoms with Gasteiger partial charge in [-0.1, -0.05) is 12.1 Å². The van der Waals surface area contributed by atoms with E-state index in [4.69, 9.17) is 11.6 Å². The van der Waals surface area contributed by atoms with Gasteiger partial charge in [-0.05, 0) is 61.7 Å². The molecular formula is C17H17ClN2. The summed E-state index contributed by atoms with van der Waals surface area (Å²) in [6.07, 6.45) is 0. The van der Waals surface area contributed by atoms with E-state index >= 15 is 0 Å². The second kappa shape index (κ2) is 4.95. The van der Waals surface area contributed by atoms with E-state index in [1.54, 1.807) is 0 Å². The Morgan fingerprint density at radius 2 is 1.65 bits per heavy atom. The Balaban J connectivity index is 2.35. The van der Waals surface area contributed by atoms with Crippen LogP contribution in [-0.4, -0.2) is 9.55 Å². The zero-order valence-corrected chi connectivity index (χ0v) is 12.7. The first kappa shape index (κ1) is 13.2. The first-order chi connectivity index (χ1) is 9.58. The van der Waals surface area contributed by atoms with Gasteiger partial charge in [0.2, 0.25) is 0 Å². The highest BCUT2D eigenvalue weighted by molar-refractivity contribution is 6.17. The van der Waals surface area contributed by atoms with Gasteiger partial charge in [-0.15, -0.1) is 11.6 Å². The first-order valence-electron chi connectivity index (χ1n) is 6.71. The Hall–Kier alpha value is -1.80. The van der Waals surface area contributed by atoms with Crippen LogP contribution < -0.4 is 0 Å². The van der Waals surface area contributed by atoms with Crippen LogP contribution >= 0.6 is 11.6 Å². The number of hydrogen-bond donors (Lipinski definition) is 0. The van der Waals surface area contributed by atoms with E-state index in [0.717, 1.165) is 22.5 Å². The number of aromatic nitrogens is 2. The van der Waals surface area contributed by atoms with Crippen molar-refractivity contribution < 1.29 is 0 Å². The molecule has 0 amide bonds. The number of fused-ring (bicyclic) bond motifs is 1. The van der Waals surface area contributed by atoms with Gasteiger partial charge in [-0.3, -0.25) is 4.57 Å². The van der Waals surface area contributed by atoms with Gasteiger partial charge in [-0.25, -0.2) is 4.98 Å². The SMILES string of the molecule is Cc1cc(C)cc(-n2c(CCl)nc3ccc(C)cc32)c1. The largest absolute Gasteiger partial charge is 0.295 e. The normalized spacial score (nSPS) is 11.2. The van der Waals surface area contributed by atoms with Crippen molar-refractivity contribution >= 4 is 22.6 Å². The summed E-state index contributed by atoms with van der Waals surface area (Å²) in [5.41, 5.74) is 6.96. The molecule has 0 saturated heterocycles. The molecule has 0 N–H and O–H groups in total. The van der Waals surface area contributed by atoms with Crippen LogP contribution in [-0.2, 0) is 5.88 Å². The maximum Gasteiger partial charge on any atom is 0.129 e. The van der Waals surface area contributed by atoms with E-state index in [2.05, 4.69) is 66.7 Å². The van der Waals surface area contributed by atoms with E-state index in [9.17, 15) is 0 Å². The van der Waals surface area contributed by atoms with Crippen LogP contribution in [0.15, 0.2) is 36.4 Å². The lowest BCUT2D eigenvalue weighted by molar-refractivity contribution is 0.977. The topological polar surface area (TPSA) is 17.8 Å². The van der Waals surface area contributed by atoms with Gasteiger partial charge in [0.15, 0.2) is 0 Å². The fourth-order valence-electron chi connectivity index (χ4n) is 2.69. The zero-order valence-electron chi connectivity index (χ0n) is 11.9. The first-order valence-corrected chi connectivity index (χ1v) is 7.24. The molecule has 2 aromatic carbocycles. The Kier molecular flexibility index (Phi) is 3.27. The maximum absolute atomic E-state index is 6.09. The Morgan fingerprint density at radius 1 is 0.950 bits per heavy atom. The molecule has 0 aliphatic carbocycles. The summed E-state index contributed by atoms with van der Waals surface area (Å²) >= 11 is 6.09. The average molecular weight is 285 g/mol. The zero-order chi connectivity index (χ0) is 14.3. The van der Waals surface area contributed by atoms with Gasteiger partial charge in [0.1, 0.15) is 5.82 Å². The molecule has 20 heavy (non-hydrogen) atoms. The van der Waals surface area contributed by atoms with Crippen LogP contribution in [0.3, 0.4) is 0 Å². The van der Waals surface area contributed by atoms with Gasteiger partial charge in [-0.2, -0.15) is 0 Å². The fourth-order valence-corrected chi connectivity index (χ4v) is 2.87. The Labute approximate surface area is 124 Å². The molecule has 102 valence electrons. The molecule has 0 spiro atoms. The molecule has 0 fully saturated rings. The van der Waals surface area contributed by atoms with Crippen molar-refractivity contribution in [3.63, 3.8) is 0 Å². The molecule has 0 aliphatic heterocycles. The van der Waals surface area contributed by atoms with Gasteiger partial charge in [0.25, 0.3) is 0 Å². The number of hydrogen-bond acceptors (Lipinski definition) is 1. The van der Waals surface area contributed by atoms with Crippen molar-refractivity contribution in [1.29, 1.82) is 0 Å². The van der Waals surface area contributed by atoms with Gasteiger partial charge < -0.3 is 0 Å². The molecule has 0 saturated carbocycles. The van der Waals surface area contributed by atoms with Crippen molar-refractivity contribution in [1.82, 2.24) is 9.55 Å². The number of aryl methyl sites for hydroxylation is 3. The number of imidazole rings is 1. The number of benzene rings is 2. The molecule has 0 radical (unpaired) electrons. The second-order valence-corrected chi connectivity index (χ2v) is 5.60. The van der Waals surface area contributed by atoms with Gasteiger partial charge in [0, 0.05) is 5.69 Å². The minimum Gasteiger partial charge on any atom is -0.295 e. The monoisotopic (exact) mass is 284 g/mol. The summed E-state index contributed by atoms with van der Waals surface area (Å²) in [5, 5.41) is 0. The van der Waals surface area contributed by atoms with Crippen LogP contribution in [0.1, 0.15) is 22.5 Å². The highest BCUT2D eigenvalue weighted by Gasteiger charge is 2.12. The lowest BCUT2D eigenvalue weighted by Gasteiger charge is -2.10. The highest BCUT2D eigenvalue weighted by Crippen LogP contribution is 2.25. The predicted octanol–water partition coefficient (Wildman–Crippen LogP) is 4.69. The van der Waals surface area contributed by atoms with Crippen molar-refractivity contribution in [3.8, 4) is 5.69 Å². The lowest BCUT2D eigenvalue weighted by Crippen LogP contribution is -2.00. The van der Waals surface area contributed by atoms with E-state index in [1.807, 2.05) is 0 Å². The van der Waals surface area contributed by atoms with Crippen LogP contribution in [0.5, 0.6) is 0 Å². The molecule has 1 heterocycles. The molecule has 0 bridgehead atoms. The van der Waals surface area contributed by atoms with Gasteiger partial charge in [0.05, 0.1) is 16.9 Å². The molecule has 0 aliphatic rings. The Morgan fingerprint density at radius 3 is 2.30 bits per heavy atom. The van der Waals surface area contributed by atoms with Crippen molar-refractivity contribution in [2.75, 3.05) is 0 Å². The fraction of sp³-hybridized carbons (Fsp3) is 0.235. The molecular weight excluding hydrogens is 268 g/mol. The minimum absolute atomic E-state index is 0.403. The average Bonchev–Trinajstić information content (AvgIpc) is 2.75. The molecule has 3 aromatic rings. The van der Waals surface area contributed by atoms with Crippen LogP contribution in [0.2, 0.25) is 0 Å². The van der Waals surface area contributed by atoms with Crippen molar-refractivity contribution in [3.05, 3.63) is 58.9 Å². The molecule has 0 atom stereocenters. The highest BCUT2D eigenvalue weighted by atomic mass is 35.5. The summed E-state index contributed by atoms with van der Waals surface area (Å²) in [4.78, 5) is 4.64. The summed E-state index contributed by atoms with van der Waals surface area (Å²) in [7, 11) is 0. The maximum atomic E-state index is 6.09. The summed E-state index contributed by atoms with van der Waals surface area (Å²) in [6, 6.07) is 12.8. The summed E-state index contributed by atoms with van der Waals surface area (Å²) in [6.45, 7) is 6.32. The van der Waals surface area contributed by atoms with E-state index < -0.39 is 0 Å². The number of rotatable bonds is 2.